The lowest BCUT2D eigenvalue weighted by atomic mass is 9.90. The van der Waals surface area contributed by atoms with Crippen molar-refractivity contribution in [2.75, 3.05) is 20.6 Å². The van der Waals surface area contributed by atoms with E-state index in [-0.39, 0.29) is 19.0 Å². The van der Waals surface area contributed by atoms with Gasteiger partial charge in [0.15, 0.2) is 6.10 Å². The number of morpholine rings is 1. The number of hydrogen-bond donors (Lipinski definition) is 0. The summed E-state index contributed by atoms with van der Waals surface area (Å²) in [6, 6.07) is 37.9. The van der Waals surface area contributed by atoms with Crippen molar-refractivity contribution in [2.45, 2.75) is 37.6 Å². The minimum Gasteiger partial charge on any atom is -1.00 e. The van der Waals surface area contributed by atoms with Crippen molar-refractivity contribution < 1.29 is 31.5 Å². The quantitative estimate of drug-likeness (QED) is 0.220. The van der Waals surface area contributed by atoms with Crippen molar-refractivity contribution in [1.29, 1.82) is 0 Å². The van der Waals surface area contributed by atoms with Crippen molar-refractivity contribution in [3.8, 4) is 0 Å². The molecule has 1 aliphatic heterocycles. The molecule has 1 amide bonds. The zero-order chi connectivity index (χ0) is 28.7. The molecule has 3 atom stereocenters. The van der Waals surface area contributed by atoms with Gasteiger partial charge in [0.2, 0.25) is 0 Å². The van der Waals surface area contributed by atoms with Crippen molar-refractivity contribution in [2.24, 2.45) is 0 Å². The number of rotatable bonds is 9. The minimum absolute atomic E-state index is 0. The number of carbonyl (C=O) groups is 2. The van der Waals surface area contributed by atoms with Gasteiger partial charge in [-0.2, -0.15) is 0 Å². The molecule has 0 aliphatic carbocycles. The van der Waals surface area contributed by atoms with Gasteiger partial charge in [0.1, 0.15) is 24.4 Å². The van der Waals surface area contributed by atoms with Crippen LogP contribution in [0.25, 0.3) is 0 Å². The number of esters is 1. The molecule has 4 aromatic rings. The van der Waals surface area contributed by atoms with Crippen LogP contribution >= 0.6 is 0 Å². The molecule has 42 heavy (non-hydrogen) atoms. The molecular weight excluding hydrogens is 548 g/mol. The van der Waals surface area contributed by atoms with Gasteiger partial charge in [-0.3, -0.25) is 9.38 Å². The van der Waals surface area contributed by atoms with Crippen LogP contribution < -0.4 is 16.9 Å². The Balaban J connectivity index is 0.00000405. The Kier molecular flexibility index (Phi) is 10.4. The summed E-state index contributed by atoms with van der Waals surface area (Å²) < 4.78 is 12.7. The summed E-state index contributed by atoms with van der Waals surface area (Å²) >= 11 is 0. The molecule has 6 nitrogen and oxygen atoms in total. The van der Waals surface area contributed by atoms with E-state index in [1.165, 1.54) is 5.69 Å². The highest BCUT2D eigenvalue weighted by Gasteiger charge is 2.48. The second-order valence-corrected chi connectivity index (χ2v) is 11.0. The number of para-hydroxylation sites is 1. The van der Waals surface area contributed by atoms with E-state index in [0.717, 1.165) is 23.2 Å². The van der Waals surface area contributed by atoms with Gasteiger partial charge in [0.25, 0.3) is 0 Å². The molecule has 4 aromatic carbocycles. The first kappa shape index (κ1) is 30.8. The first-order chi connectivity index (χ1) is 19.9. The number of cyclic esters (lactones) is 1. The van der Waals surface area contributed by atoms with Gasteiger partial charge in [-0.25, -0.2) is 9.59 Å². The van der Waals surface area contributed by atoms with Gasteiger partial charge in [0, 0.05) is 0 Å². The first-order valence-electron chi connectivity index (χ1n) is 14.1. The lowest BCUT2D eigenvalue weighted by Crippen LogP contribution is -3.00. The summed E-state index contributed by atoms with van der Waals surface area (Å²) in [6.07, 6.45) is -0.0226. The number of quaternary nitrogens is 1. The monoisotopic (exact) mass is 584 g/mol. The van der Waals surface area contributed by atoms with Gasteiger partial charge in [0.05, 0.1) is 20.6 Å². The first-order valence-corrected chi connectivity index (χ1v) is 14.1. The van der Waals surface area contributed by atoms with E-state index in [1.807, 2.05) is 109 Å². The Morgan fingerprint density at radius 1 is 0.786 bits per heavy atom. The zero-order valence-electron chi connectivity index (χ0n) is 24.0. The largest absolute Gasteiger partial charge is 1.00 e. The average Bonchev–Trinajstić information content (AvgIpc) is 3.02. The molecule has 1 fully saturated rings. The normalized spacial score (nSPS) is 18.5. The van der Waals surface area contributed by atoms with Crippen LogP contribution in [0.4, 0.5) is 10.5 Å². The van der Waals surface area contributed by atoms with Gasteiger partial charge >= 0.3 is 12.1 Å². The van der Waals surface area contributed by atoms with Crippen LogP contribution in [0.2, 0.25) is 0 Å². The van der Waals surface area contributed by atoms with E-state index < -0.39 is 30.3 Å². The molecule has 7 heteroatoms. The van der Waals surface area contributed by atoms with Gasteiger partial charge < -0.3 is 21.9 Å². The number of ether oxygens (including phenoxy) is 2. The van der Waals surface area contributed by atoms with E-state index in [9.17, 15) is 9.59 Å². The summed E-state index contributed by atoms with van der Waals surface area (Å²) in [6.45, 7) is 0.909. The van der Waals surface area contributed by atoms with Gasteiger partial charge in [-0.15, -0.1) is 0 Å². The Hall–Kier alpha value is -4.13. The highest BCUT2D eigenvalue weighted by molar-refractivity contribution is 5.83. The van der Waals surface area contributed by atoms with E-state index in [1.54, 1.807) is 4.90 Å². The van der Waals surface area contributed by atoms with E-state index in [2.05, 4.69) is 26.2 Å². The maximum absolute atomic E-state index is 14.0. The molecule has 0 unspecified atom stereocenters. The number of benzene rings is 4. The zero-order valence-corrected chi connectivity index (χ0v) is 24.8. The van der Waals surface area contributed by atoms with Crippen LogP contribution in [0.3, 0.4) is 0 Å². The van der Waals surface area contributed by atoms with Crippen molar-refractivity contribution in [3.05, 3.63) is 138 Å². The number of halogens is 1. The molecule has 0 bridgehead atoms. The second kappa shape index (κ2) is 14.2. The molecular formula is C35H37ClN2O4. The third-order valence-electron chi connectivity index (χ3n) is 7.77. The van der Waals surface area contributed by atoms with Crippen LogP contribution in [-0.2, 0) is 20.9 Å². The summed E-state index contributed by atoms with van der Waals surface area (Å²) in [5, 5.41) is 0. The summed E-state index contributed by atoms with van der Waals surface area (Å²) in [7, 11) is 4.30. The van der Waals surface area contributed by atoms with E-state index in [0.29, 0.717) is 17.3 Å². The average molecular weight is 585 g/mol. The number of carbonyl (C=O) groups excluding carboxylic acids is 2. The molecule has 218 valence electrons. The maximum atomic E-state index is 14.0. The van der Waals surface area contributed by atoms with Gasteiger partial charge in [-0.05, 0) is 41.7 Å². The van der Waals surface area contributed by atoms with E-state index >= 15 is 0 Å². The SMILES string of the molecule is C[N+](C)(CCC[C@H]1C(=O)O[C@H](c2ccccc2)[C@H](c2ccccc2)N1C(=O)OCc1ccccc1)c1ccccc1.[Cl-]. The molecule has 0 aromatic heterocycles. The Morgan fingerprint density at radius 3 is 1.90 bits per heavy atom. The lowest BCUT2D eigenvalue weighted by molar-refractivity contribution is -0.173. The second-order valence-electron chi connectivity index (χ2n) is 11.0. The van der Waals surface area contributed by atoms with Crippen LogP contribution in [0.5, 0.6) is 0 Å². The highest BCUT2D eigenvalue weighted by atomic mass is 35.5. The van der Waals surface area contributed by atoms with Gasteiger partial charge in [-0.1, -0.05) is 109 Å². The topological polar surface area (TPSA) is 55.8 Å². The molecule has 1 heterocycles. The molecule has 0 radical (unpaired) electrons. The summed E-state index contributed by atoms with van der Waals surface area (Å²) in [4.78, 5) is 29.3. The van der Waals surface area contributed by atoms with Crippen molar-refractivity contribution >= 4 is 17.7 Å². The minimum atomic E-state index is -0.779. The lowest BCUT2D eigenvalue weighted by Gasteiger charge is -2.45. The fourth-order valence-corrected chi connectivity index (χ4v) is 5.53. The molecule has 5 rings (SSSR count). The Labute approximate surface area is 254 Å². The summed E-state index contributed by atoms with van der Waals surface area (Å²) in [5.74, 6) is -0.410. The van der Waals surface area contributed by atoms with Crippen LogP contribution in [0.15, 0.2) is 121 Å². The fourth-order valence-electron chi connectivity index (χ4n) is 5.53. The van der Waals surface area contributed by atoms with Crippen molar-refractivity contribution in [1.82, 2.24) is 9.38 Å². The molecule has 0 saturated carbocycles. The fraction of sp³-hybridized carbons (Fsp3) is 0.257. The van der Waals surface area contributed by atoms with Crippen LogP contribution in [-0.4, -0.2) is 43.6 Å². The predicted octanol–water partition coefficient (Wildman–Crippen LogP) is 4.08. The van der Waals surface area contributed by atoms with Crippen molar-refractivity contribution in [3.63, 3.8) is 0 Å². The molecule has 0 spiro atoms. The molecule has 0 N–H and O–H groups in total. The third-order valence-corrected chi connectivity index (χ3v) is 7.77. The van der Waals surface area contributed by atoms with Crippen LogP contribution in [0, 0.1) is 0 Å². The molecule has 1 saturated heterocycles. The maximum Gasteiger partial charge on any atom is 0.411 e. The standard InChI is InChI=1S/C35H37N2O4.ClH/c1-37(2,30-22-13-6-14-23-30)25-15-24-31-34(38)41-33(29-20-11-5-12-21-29)32(28-18-9-4-10-19-28)36(31)35(39)40-26-27-16-7-3-8-17-27;/h3-14,16-23,31-33H,15,24-26H2,1-2H3;1H/q+1;/p-1/t31-,32-,33+;/m0./s1. The Bertz CT molecular complexity index is 1420. The number of amides is 1. The number of hydrogen-bond acceptors (Lipinski definition) is 4. The Morgan fingerprint density at radius 2 is 1.31 bits per heavy atom. The number of nitrogens with zero attached hydrogens (tertiary/aromatic N) is 2. The van der Waals surface area contributed by atoms with Crippen LogP contribution in [0.1, 0.15) is 41.7 Å². The summed E-state index contributed by atoms with van der Waals surface area (Å²) in [5.41, 5.74) is 3.78. The highest BCUT2D eigenvalue weighted by Crippen LogP contribution is 2.43. The predicted molar refractivity (Wildman–Crippen MR) is 161 cm³/mol. The third kappa shape index (κ3) is 7.19. The smallest absolute Gasteiger partial charge is 0.411 e. The van der Waals surface area contributed by atoms with E-state index in [4.69, 9.17) is 9.47 Å². The molecule has 1 aliphatic rings.